The predicted molar refractivity (Wildman–Crippen MR) is 87.1 cm³/mol. The molecule has 3 aliphatic heterocycles. The van der Waals surface area contributed by atoms with Crippen LogP contribution in [0.1, 0.15) is 33.8 Å². The third-order valence-electron chi connectivity index (χ3n) is 5.62. The minimum atomic E-state index is -0.215. The number of hydrogen-bond donors (Lipinski definition) is 0. The Labute approximate surface area is 136 Å². The zero-order valence-corrected chi connectivity index (χ0v) is 14.0. The summed E-state index contributed by atoms with van der Waals surface area (Å²) in [6.07, 6.45) is 4.21. The van der Waals surface area contributed by atoms with Crippen molar-refractivity contribution < 1.29 is 9.53 Å². The van der Waals surface area contributed by atoms with Gasteiger partial charge in [-0.2, -0.15) is 0 Å². The topological polar surface area (TPSA) is 32.8 Å². The minimum Gasteiger partial charge on any atom is -0.465 e. The van der Waals surface area contributed by atoms with Gasteiger partial charge in [-0.25, -0.2) is 4.79 Å². The Kier molecular flexibility index (Phi) is 3.96. The van der Waals surface area contributed by atoms with Crippen LogP contribution in [-0.4, -0.2) is 55.1 Å². The number of ether oxygens (including phenoxy) is 1. The van der Waals surface area contributed by atoms with Gasteiger partial charge in [-0.15, -0.1) is 11.3 Å². The lowest BCUT2D eigenvalue weighted by Gasteiger charge is -2.33. The number of nitrogens with zero attached hydrogens (tertiary/aromatic N) is 2. The van der Waals surface area contributed by atoms with Crippen LogP contribution in [-0.2, 0) is 11.3 Å². The molecule has 0 spiro atoms. The second kappa shape index (κ2) is 5.95. The average molecular weight is 320 g/mol. The molecule has 0 aliphatic carbocycles. The van der Waals surface area contributed by atoms with Crippen molar-refractivity contribution in [3.63, 3.8) is 0 Å². The van der Waals surface area contributed by atoms with Gasteiger partial charge in [0.15, 0.2) is 0 Å². The van der Waals surface area contributed by atoms with E-state index >= 15 is 0 Å². The van der Waals surface area contributed by atoms with Crippen molar-refractivity contribution in [2.75, 3.05) is 33.3 Å². The molecule has 4 rings (SSSR count). The number of methoxy groups -OCH3 is 1. The number of carbonyl (C=O) groups excluding carboxylic acids is 1. The maximum atomic E-state index is 11.6. The molecule has 0 aromatic carbocycles. The van der Waals surface area contributed by atoms with E-state index in [0.29, 0.717) is 0 Å². The third-order valence-corrected chi connectivity index (χ3v) is 6.67. The van der Waals surface area contributed by atoms with Crippen molar-refractivity contribution in [1.82, 2.24) is 9.80 Å². The maximum absolute atomic E-state index is 11.6. The summed E-state index contributed by atoms with van der Waals surface area (Å²) >= 11 is 1.58. The average Bonchev–Trinajstić information content (AvgIpc) is 3.21. The van der Waals surface area contributed by atoms with Crippen LogP contribution >= 0.6 is 11.3 Å². The molecule has 3 fully saturated rings. The summed E-state index contributed by atoms with van der Waals surface area (Å²) in [5.41, 5.74) is 0. The first-order valence-electron chi connectivity index (χ1n) is 8.38. The Balaban J connectivity index is 1.38. The second-order valence-electron chi connectivity index (χ2n) is 6.93. The van der Waals surface area contributed by atoms with E-state index in [4.69, 9.17) is 4.74 Å². The van der Waals surface area contributed by atoms with Crippen molar-refractivity contribution in [3.05, 3.63) is 21.9 Å². The Morgan fingerprint density at radius 2 is 2.23 bits per heavy atom. The molecule has 0 unspecified atom stereocenters. The quantitative estimate of drug-likeness (QED) is 0.801. The highest BCUT2D eigenvalue weighted by molar-refractivity contribution is 7.13. The first-order chi connectivity index (χ1) is 10.7. The fourth-order valence-corrected chi connectivity index (χ4v) is 5.64. The largest absolute Gasteiger partial charge is 0.465 e. The van der Waals surface area contributed by atoms with E-state index in [2.05, 4.69) is 15.9 Å². The third kappa shape index (κ3) is 2.59. The molecule has 0 radical (unpaired) electrons. The summed E-state index contributed by atoms with van der Waals surface area (Å²) in [6, 6.07) is 4.82. The van der Waals surface area contributed by atoms with Crippen molar-refractivity contribution in [1.29, 1.82) is 0 Å². The molecule has 3 atom stereocenters. The number of hydrogen-bond acceptors (Lipinski definition) is 5. The molecule has 3 aliphatic rings. The van der Waals surface area contributed by atoms with Gasteiger partial charge in [0.05, 0.1) is 7.11 Å². The molecule has 120 valence electrons. The van der Waals surface area contributed by atoms with Gasteiger partial charge in [-0.1, -0.05) is 6.42 Å². The molecule has 3 saturated heterocycles. The lowest BCUT2D eigenvalue weighted by atomic mass is 9.90. The molecule has 0 amide bonds. The van der Waals surface area contributed by atoms with Gasteiger partial charge in [-0.3, -0.25) is 9.80 Å². The summed E-state index contributed by atoms with van der Waals surface area (Å²) < 4.78 is 4.79. The van der Waals surface area contributed by atoms with Crippen LogP contribution in [0.3, 0.4) is 0 Å². The van der Waals surface area contributed by atoms with Crippen LogP contribution in [0.15, 0.2) is 12.1 Å². The SMILES string of the molecule is COC(=O)c1ccc(CN2C[C@@H]3CN4CCCC[C@@H]4[C@H]3C2)s1. The van der Waals surface area contributed by atoms with E-state index < -0.39 is 0 Å². The zero-order valence-electron chi connectivity index (χ0n) is 13.2. The number of carbonyl (C=O) groups is 1. The normalized spacial score (nSPS) is 32.0. The standard InChI is InChI=1S/C17H24N2O2S/c1-21-17(20)16-6-5-13(22-16)10-18-8-12-9-19-7-3-2-4-15(19)14(12)11-18/h5-6,12,14-15H,2-4,7-11H2,1H3/t12-,14+,15-/m1/s1. The molecule has 1 aromatic rings. The highest BCUT2D eigenvalue weighted by Gasteiger charge is 2.46. The van der Waals surface area contributed by atoms with Gasteiger partial charge < -0.3 is 4.74 Å². The second-order valence-corrected chi connectivity index (χ2v) is 8.10. The summed E-state index contributed by atoms with van der Waals surface area (Å²) in [5, 5.41) is 0. The molecule has 4 nitrogen and oxygen atoms in total. The smallest absolute Gasteiger partial charge is 0.348 e. The zero-order chi connectivity index (χ0) is 15.1. The molecular weight excluding hydrogens is 296 g/mol. The first kappa shape index (κ1) is 14.7. The fourth-order valence-electron chi connectivity index (χ4n) is 4.67. The molecule has 0 N–H and O–H groups in total. The summed E-state index contributed by atoms with van der Waals surface area (Å²) in [6.45, 7) is 6.08. The number of likely N-dealkylation sites (tertiary alicyclic amines) is 1. The monoisotopic (exact) mass is 320 g/mol. The van der Waals surface area contributed by atoms with Crippen LogP contribution in [0.4, 0.5) is 0 Å². The molecular formula is C17H24N2O2S. The van der Waals surface area contributed by atoms with E-state index in [1.54, 1.807) is 11.3 Å². The summed E-state index contributed by atoms with van der Waals surface area (Å²) in [4.78, 5) is 18.9. The van der Waals surface area contributed by atoms with E-state index in [-0.39, 0.29) is 5.97 Å². The fraction of sp³-hybridized carbons (Fsp3) is 0.706. The predicted octanol–water partition coefficient (Wildman–Crippen LogP) is 2.45. The number of rotatable bonds is 3. The molecule has 0 bridgehead atoms. The number of esters is 1. The van der Waals surface area contributed by atoms with Crippen LogP contribution in [0.25, 0.3) is 0 Å². The lowest BCUT2D eigenvalue weighted by Crippen LogP contribution is -2.39. The van der Waals surface area contributed by atoms with Gasteiger partial charge >= 0.3 is 5.97 Å². The van der Waals surface area contributed by atoms with E-state index in [1.807, 2.05) is 6.07 Å². The van der Waals surface area contributed by atoms with Crippen LogP contribution in [0.5, 0.6) is 0 Å². The number of thiophene rings is 1. The lowest BCUT2D eigenvalue weighted by molar-refractivity contribution is 0.0606. The van der Waals surface area contributed by atoms with Gasteiger partial charge in [0.2, 0.25) is 0 Å². The van der Waals surface area contributed by atoms with E-state index in [1.165, 1.54) is 57.4 Å². The van der Waals surface area contributed by atoms with Crippen molar-refractivity contribution in [3.8, 4) is 0 Å². The Morgan fingerprint density at radius 1 is 1.32 bits per heavy atom. The minimum absolute atomic E-state index is 0.215. The number of piperidine rings is 1. The molecule has 1 aromatic heterocycles. The van der Waals surface area contributed by atoms with Gasteiger partial charge in [-0.05, 0) is 43.4 Å². The van der Waals surface area contributed by atoms with E-state index in [0.717, 1.165) is 29.3 Å². The van der Waals surface area contributed by atoms with Crippen LogP contribution in [0, 0.1) is 11.8 Å². The van der Waals surface area contributed by atoms with Crippen molar-refractivity contribution in [2.45, 2.75) is 31.8 Å². The Bertz CT molecular complexity index is 559. The van der Waals surface area contributed by atoms with Gasteiger partial charge in [0, 0.05) is 37.1 Å². The molecule has 5 heteroatoms. The maximum Gasteiger partial charge on any atom is 0.348 e. The summed E-state index contributed by atoms with van der Waals surface area (Å²) in [7, 11) is 1.44. The Morgan fingerprint density at radius 3 is 3.09 bits per heavy atom. The molecule has 0 saturated carbocycles. The van der Waals surface area contributed by atoms with Gasteiger partial charge in [0.25, 0.3) is 0 Å². The van der Waals surface area contributed by atoms with E-state index in [9.17, 15) is 4.79 Å². The highest BCUT2D eigenvalue weighted by atomic mass is 32.1. The van der Waals surface area contributed by atoms with Crippen molar-refractivity contribution >= 4 is 17.3 Å². The van der Waals surface area contributed by atoms with Gasteiger partial charge in [0.1, 0.15) is 4.88 Å². The Hall–Kier alpha value is -0.910. The van der Waals surface area contributed by atoms with Crippen molar-refractivity contribution in [2.24, 2.45) is 11.8 Å². The molecule has 22 heavy (non-hydrogen) atoms. The number of fused-ring (bicyclic) bond motifs is 3. The summed E-state index contributed by atoms with van der Waals surface area (Å²) in [5.74, 6) is 1.52. The van der Waals surface area contributed by atoms with Crippen LogP contribution in [0.2, 0.25) is 0 Å². The van der Waals surface area contributed by atoms with Crippen LogP contribution < -0.4 is 0 Å². The highest BCUT2D eigenvalue weighted by Crippen LogP contribution is 2.40. The first-order valence-corrected chi connectivity index (χ1v) is 9.19. The molecule has 4 heterocycles.